The first kappa shape index (κ1) is 11.6. The molecule has 0 aliphatic carbocycles. The summed E-state index contributed by atoms with van der Waals surface area (Å²) in [7, 11) is 0. The third-order valence-corrected chi connectivity index (χ3v) is 3.17. The zero-order chi connectivity index (χ0) is 12.6. The minimum Gasteiger partial charge on any atom is -0.348 e. The van der Waals surface area contributed by atoms with E-state index in [1.165, 1.54) is 0 Å². The Morgan fingerprint density at radius 1 is 1.00 bits per heavy atom. The van der Waals surface area contributed by atoms with Crippen molar-refractivity contribution in [1.29, 1.82) is 0 Å². The number of imide groups is 1. The lowest BCUT2D eigenvalue weighted by molar-refractivity contribution is -0.134. The van der Waals surface area contributed by atoms with Gasteiger partial charge in [-0.15, -0.1) is 0 Å². The lowest BCUT2D eigenvalue weighted by Crippen LogP contribution is -2.61. The normalized spacial score (nSPS) is 24.8. The van der Waals surface area contributed by atoms with E-state index < -0.39 is 0 Å². The molecule has 2 rings (SSSR count). The van der Waals surface area contributed by atoms with Gasteiger partial charge in [-0.25, -0.2) is 0 Å². The number of carbonyl (C=O) groups is 2. The minimum absolute atomic E-state index is 0.242. The zero-order valence-corrected chi connectivity index (χ0v) is 10.2. The van der Waals surface area contributed by atoms with Crippen LogP contribution in [-0.4, -0.2) is 23.9 Å². The van der Waals surface area contributed by atoms with Gasteiger partial charge in [-0.2, -0.15) is 0 Å². The fraction of sp³-hybridized carbons (Fsp3) is 0.385. The van der Waals surface area contributed by atoms with E-state index >= 15 is 0 Å². The van der Waals surface area contributed by atoms with Crippen LogP contribution in [0.3, 0.4) is 0 Å². The van der Waals surface area contributed by atoms with Gasteiger partial charge in [-0.3, -0.25) is 14.9 Å². The highest BCUT2D eigenvalue weighted by Crippen LogP contribution is 2.23. The number of aryl methyl sites for hydroxylation is 1. The van der Waals surface area contributed by atoms with Crippen molar-refractivity contribution in [3.05, 3.63) is 29.8 Å². The van der Waals surface area contributed by atoms with Crippen LogP contribution in [0, 0.1) is 6.92 Å². The largest absolute Gasteiger partial charge is 0.348 e. The third-order valence-electron chi connectivity index (χ3n) is 3.17. The van der Waals surface area contributed by atoms with Gasteiger partial charge in [0.2, 0.25) is 11.8 Å². The summed E-state index contributed by atoms with van der Waals surface area (Å²) in [6.07, 6.45) is 0. The van der Waals surface area contributed by atoms with E-state index in [-0.39, 0.29) is 23.9 Å². The number of amides is 2. The average molecular weight is 232 g/mol. The van der Waals surface area contributed by atoms with Crippen LogP contribution in [0.15, 0.2) is 24.3 Å². The van der Waals surface area contributed by atoms with E-state index in [2.05, 4.69) is 5.32 Å². The lowest BCUT2D eigenvalue weighted by atomic mass is 10.1. The molecule has 2 unspecified atom stereocenters. The molecule has 0 radical (unpaired) electrons. The van der Waals surface area contributed by atoms with Crippen molar-refractivity contribution in [3.8, 4) is 0 Å². The second-order valence-electron chi connectivity index (χ2n) is 4.45. The van der Waals surface area contributed by atoms with Crippen molar-refractivity contribution in [2.75, 3.05) is 4.90 Å². The average Bonchev–Trinajstić information content (AvgIpc) is 2.29. The quantitative estimate of drug-likeness (QED) is 0.741. The number of anilines is 1. The maximum absolute atomic E-state index is 11.6. The maximum Gasteiger partial charge on any atom is 0.249 e. The molecule has 1 saturated heterocycles. The van der Waals surface area contributed by atoms with Gasteiger partial charge in [0, 0.05) is 5.69 Å². The molecule has 1 N–H and O–H groups in total. The Kier molecular flexibility index (Phi) is 2.88. The summed E-state index contributed by atoms with van der Waals surface area (Å²) in [5.41, 5.74) is 2.06. The molecule has 0 spiro atoms. The SMILES string of the molecule is Cc1ccc(N2C(C)C(=O)NC(=O)C2C)cc1. The second kappa shape index (κ2) is 4.20. The predicted octanol–water partition coefficient (Wildman–Crippen LogP) is 1.23. The molecular weight excluding hydrogens is 216 g/mol. The molecule has 90 valence electrons. The summed E-state index contributed by atoms with van der Waals surface area (Å²) in [5, 5.41) is 2.37. The van der Waals surface area contributed by atoms with Crippen molar-refractivity contribution in [1.82, 2.24) is 5.32 Å². The molecule has 2 amide bonds. The van der Waals surface area contributed by atoms with Crippen molar-refractivity contribution < 1.29 is 9.59 Å². The third kappa shape index (κ3) is 2.02. The Morgan fingerprint density at radius 3 is 1.94 bits per heavy atom. The molecule has 1 aromatic carbocycles. The highest BCUT2D eigenvalue weighted by molar-refractivity contribution is 6.06. The number of hydrogen-bond donors (Lipinski definition) is 1. The highest BCUT2D eigenvalue weighted by atomic mass is 16.2. The molecule has 1 aliphatic heterocycles. The summed E-state index contributed by atoms with van der Waals surface area (Å²) < 4.78 is 0. The van der Waals surface area contributed by atoms with E-state index in [4.69, 9.17) is 0 Å². The van der Waals surface area contributed by atoms with Gasteiger partial charge in [0.1, 0.15) is 12.1 Å². The topological polar surface area (TPSA) is 49.4 Å². The monoisotopic (exact) mass is 232 g/mol. The molecule has 4 heteroatoms. The molecule has 17 heavy (non-hydrogen) atoms. The van der Waals surface area contributed by atoms with Gasteiger partial charge in [-0.1, -0.05) is 17.7 Å². The van der Waals surface area contributed by atoms with Crippen LogP contribution in [0.1, 0.15) is 19.4 Å². The first-order valence-corrected chi connectivity index (χ1v) is 5.70. The summed E-state index contributed by atoms with van der Waals surface area (Å²) >= 11 is 0. The molecule has 2 atom stereocenters. The molecule has 0 saturated carbocycles. The molecule has 1 heterocycles. The van der Waals surface area contributed by atoms with Gasteiger partial charge < -0.3 is 4.90 Å². The fourth-order valence-electron chi connectivity index (χ4n) is 2.08. The minimum atomic E-state index is -0.328. The molecular formula is C13H16N2O2. The van der Waals surface area contributed by atoms with Crippen LogP contribution >= 0.6 is 0 Å². The molecule has 1 aromatic rings. The van der Waals surface area contributed by atoms with Gasteiger partial charge in [0.25, 0.3) is 0 Å². The number of hydrogen-bond acceptors (Lipinski definition) is 3. The van der Waals surface area contributed by atoms with E-state index in [0.29, 0.717) is 0 Å². The lowest BCUT2D eigenvalue weighted by Gasteiger charge is -2.38. The van der Waals surface area contributed by atoms with Crippen LogP contribution in [0.5, 0.6) is 0 Å². The molecule has 4 nitrogen and oxygen atoms in total. The Bertz CT molecular complexity index is 433. The van der Waals surface area contributed by atoms with Crippen LogP contribution in [0.25, 0.3) is 0 Å². The summed E-state index contributed by atoms with van der Waals surface area (Å²) in [5.74, 6) is -0.484. The Morgan fingerprint density at radius 2 is 1.47 bits per heavy atom. The van der Waals surface area contributed by atoms with Crippen molar-refractivity contribution >= 4 is 17.5 Å². The van der Waals surface area contributed by atoms with E-state index in [9.17, 15) is 9.59 Å². The van der Waals surface area contributed by atoms with Crippen LogP contribution < -0.4 is 10.2 Å². The predicted molar refractivity (Wildman–Crippen MR) is 65.7 cm³/mol. The second-order valence-corrected chi connectivity index (χ2v) is 4.45. The number of nitrogens with zero attached hydrogens (tertiary/aromatic N) is 1. The van der Waals surface area contributed by atoms with E-state index in [1.807, 2.05) is 36.1 Å². The number of benzene rings is 1. The van der Waals surface area contributed by atoms with Crippen LogP contribution in [0.4, 0.5) is 5.69 Å². The van der Waals surface area contributed by atoms with Crippen molar-refractivity contribution in [2.24, 2.45) is 0 Å². The van der Waals surface area contributed by atoms with Gasteiger partial charge >= 0.3 is 0 Å². The summed E-state index contributed by atoms with van der Waals surface area (Å²) in [6, 6.07) is 7.18. The molecule has 0 aromatic heterocycles. The van der Waals surface area contributed by atoms with Crippen LogP contribution in [0.2, 0.25) is 0 Å². The molecule has 1 aliphatic rings. The highest BCUT2D eigenvalue weighted by Gasteiger charge is 2.36. The fourth-order valence-corrected chi connectivity index (χ4v) is 2.08. The Balaban J connectivity index is 2.37. The summed E-state index contributed by atoms with van der Waals surface area (Å²) in [4.78, 5) is 25.1. The van der Waals surface area contributed by atoms with Gasteiger partial charge in [0.15, 0.2) is 0 Å². The van der Waals surface area contributed by atoms with Gasteiger partial charge in [0.05, 0.1) is 0 Å². The molecule has 1 fully saturated rings. The van der Waals surface area contributed by atoms with E-state index in [0.717, 1.165) is 11.3 Å². The number of rotatable bonds is 1. The molecule has 0 bridgehead atoms. The van der Waals surface area contributed by atoms with Crippen LogP contribution in [-0.2, 0) is 9.59 Å². The summed E-state index contributed by atoms with van der Waals surface area (Å²) in [6.45, 7) is 5.61. The standard InChI is InChI=1S/C13H16N2O2/c1-8-4-6-11(7-5-8)15-9(2)12(16)14-13(17)10(15)3/h4-7,9-10H,1-3H3,(H,14,16,17). The maximum atomic E-state index is 11.6. The van der Waals surface area contributed by atoms with Crippen molar-refractivity contribution in [2.45, 2.75) is 32.9 Å². The smallest absolute Gasteiger partial charge is 0.249 e. The van der Waals surface area contributed by atoms with E-state index in [1.54, 1.807) is 13.8 Å². The number of nitrogens with one attached hydrogen (secondary N) is 1. The van der Waals surface area contributed by atoms with Crippen molar-refractivity contribution in [3.63, 3.8) is 0 Å². The zero-order valence-electron chi connectivity index (χ0n) is 10.2. The first-order valence-electron chi connectivity index (χ1n) is 5.70. The van der Waals surface area contributed by atoms with Gasteiger partial charge in [-0.05, 0) is 32.9 Å². The Labute approximate surface area is 101 Å². The number of piperazine rings is 1. The number of carbonyl (C=O) groups excluding carboxylic acids is 2. The Hall–Kier alpha value is -1.84. The first-order chi connectivity index (χ1) is 8.00.